The molecule has 0 aliphatic heterocycles. The molecule has 3 N–H and O–H groups in total. The average Bonchev–Trinajstić information content (AvgIpc) is 2.76. The second-order valence-corrected chi connectivity index (χ2v) is 5.33. The van der Waals surface area contributed by atoms with Crippen LogP contribution in [0, 0.1) is 5.41 Å². The Morgan fingerprint density at radius 1 is 1.50 bits per heavy atom. The Kier molecular flexibility index (Phi) is 4.01. The second-order valence-electron chi connectivity index (χ2n) is 5.33. The van der Waals surface area contributed by atoms with Gasteiger partial charge in [-0.3, -0.25) is 9.48 Å². The monoisotopic (exact) mass is 250 g/mol. The molecular formula is C13H22N4O. The number of hydrogen-bond donors (Lipinski definition) is 2. The predicted octanol–water partition coefficient (Wildman–Crippen LogP) is 1.66. The Bertz CT molecular complexity index is 407. The van der Waals surface area contributed by atoms with Crippen LogP contribution < -0.4 is 11.1 Å². The van der Waals surface area contributed by atoms with E-state index in [4.69, 9.17) is 5.73 Å². The van der Waals surface area contributed by atoms with Gasteiger partial charge in [0.05, 0.1) is 6.20 Å². The molecule has 1 aromatic heterocycles. The summed E-state index contributed by atoms with van der Waals surface area (Å²) in [5.74, 6) is 0.786. The van der Waals surface area contributed by atoms with Gasteiger partial charge in [-0.25, -0.2) is 0 Å². The number of hydrogen-bond acceptors (Lipinski definition) is 3. The third-order valence-electron chi connectivity index (χ3n) is 3.97. The van der Waals surface area contributed by atoms with Crippen molar-refractivity contribution in [3.63, 3.8) is 0 Å². The quantitative estimate of drug-likeness (QED) is 0.853. The topological polar surface area (TPSA) is 72.9 Å². The Hall–Kier alpha value is -1.36. The molecule has 1 aliphatic carbocycles. The Morgan fingerprint density at radius 3 is 2.78 bits per heavy atom. The second kappa shape index (κ2) is 5.52. The maximum absolute atomic E-state index is 12.1. The molecule has 0 saturated heterocycles. The van der Waals surface area contributed by atoms with E-state index in [1.165, 1.54) is 19.3 Å². The number of aromatic nitrogens is 2. The predicted molar refractivity (Wildman–Crippen MR) is 71.0 cm³/mol. The lowest BCUT2D eigenvalue weighted by molar-refractivity contribution is -0.118. The summed E-state index contributed by atoms with van der Waals surface area (Å²) in [4.78, 5) is 12.1. The molecule has 0 atom stereocenters. The number of rotatable bonds is 4. The van der Waals surface area contributed by atoms with Gasteiger partial charge in [0.1, 0.15) is 5.82 Å². The molecule has 1 aromatic rings. The van der Waals surface area contributed by atoms with Crippen LogP contribution in [-0.2, 0) is 11.8 Å². The zero-order valence-corrected chi connectivity index (χ0v) is 11.0. The van der Waals surface area contributed by atoms with E-state index in [9.17, 15) is 4.79 Å². The molecule has 18 heavy (non-hydrogen) atoms. The third kappa shape index (κ3) is 2.90. The van der Waals surface area contributed by atoms with Crippen molar-refractivity contribution in [1.82, 2.24) is 9.78 Å². The first-order chi connectivity index (χ1) is 8.65. The van der Waals surface area contributed by atoms with Crippen molar-refractivity contribution in [2.75, 3.05) is 11.9 Å². The summed E-state index contributed by atoms with van der Waals surface area (Å²) in [6.45, 7) is 0.603. The van der Waals surface area contributed by atoms with Gasteiger partial charge in [-0.1, -0.05) is 19.3 Å². The van der Waals surface area contributed by atoms with E-state index < -0.39 is 0 Å². The molecule has 0 aromatic carbocycles. The first kappa shape index (κ1) is 13.1. The maximum Gasteiger partial charge on any atom is 0.226 e. The minimum absolute atomic E-state index is 0.0148. The fraction of sp³-hybridized carbons (Fsp3) is 0.692. The molecular weight excluding hydrogens is 228 g/mol. The summed E-state index contributed by atoms with van der Waals surface area (Å²) in [5.41, 5.74) is 5.91. The van der Waals surface area contributed by atoms with Crippen LogP contribution in [0.25, 0.3) is 0 Å². The van der Waals surface area contributed by atoms with E-state index in [1.807, 2.05) is 7.05 Å². The van der Waals surface area contributed by atoms with Crippen molar-refractivity contribution in [3.05, 3.63) is 12.3 Å². The van der Waals surface area contributed by atoms with E-state index in [0.717, 1.165) is 18.7 Å². The zero-order valence-electron chi connectivity index (χ0n) is 11.0. The van der Waals surface area contributed by atoms with Crippen LogP contribution in [0.15, 0.2) is 12.3 Å². The summed E-state index contributed by atoms with van der Waals surface area (Å²) in [6.07, 6.45) is 7.99. The molecule has 1 saturated carbocycles. The van der Waals surface area contributed by atoms with Crippen LogP contribution in [0.2, 0.25) is 0 Å². The number of carbonyl (C=O) groups excluding carboxylic acids is 1. The van der Waals surface area contributed by atoms with Crippen molar-refractivity contribution in [2.24, 2.45) is 18.2 Å². The van der Waals surface area contributed by atoms with Gasteiger partial charge in [-0.05, 0) is 24.8 Å². The Balaban J connectivity index is 1.95. The van der Waals surface area contributed by atoms with Crippen molar-refractivity contribution in [2.45, 2.75) is 38.5 Å². The number of nitrogens with one attached hydrogen (secondary N) is 1. The zero-order chi connectivity index (χ0) is 13.0. The molecule has 1 heterocycles. The highest BCUT2D eigenvalue weighted by molar-refractivity contribution is 5.90. The first-order valence-corrected chi connectivity index (χ1v) is 6.63. The van der Waals surface area contributed by atoms with Crippen LogP contribution in [-0.4, -0.2) is 22.2 Å². The lowest BCUT2D eigenvalue weighted by Crippen LogP contribution is -2.36. The third-order valence-corrected chi connectivity index (χ3v) is 3.97. The molecule has 0 radical (unpaired) electrons. The Morgan fingerprint density at radius 2 is 2.22 bits per heavy atom. The minimum Gasteiger partial charge on any atom is -0.330 e. The highest BCUT2D eigenvalue weighted by atomic mass is 16.1. The van der Waals surface area contributed by atoms with Crippen molar-refractivity contribution >= 4 is 11.7 Å². The van der Waals surface area contributed by atoms with Gasteiger partial charge in [0, 0.05) is 19.5 Å². The molecule has 0 spiro atoms. The van der Waals surface area contributed by atoms with E-state index >= 15 is 0 Å². The van der Waals surface area contributed by atoms with Crippen LogP contribution in [0.4, 0.5) is 5.82 Å². The summed E-state index contributed by atoms with van der Waals surface area (Å²) >= 11 is 0. The molecule has 1 amide bonds. The Labute approximate surface area is 108 Å². The molecule has 1 aliphatic rings. The number of anilines is 1. The van der Waals surface area contributed by atoms with Gasteiger partial charge in [0.25, 0.3) is 0 Å². The van der Waals surface area contributed by atoms with E-state index in [2.05, 4.69) is 10.4 Å². The fourth-order valence-corrected chi connectivity index (χ4v) is 2.78. The van der Waals surface area contributed by atoms with Crippen molar-refractivity contribution in [1.29, 1.82) is 0 Å². The molecule has 1 fully saturated rings. The highest BCUT2D eigenvalue weighted by Crippen LogP contribution is 2.38. The number of aryl methyl sites for hydroxylation is 1. The van der Waals surface area contributed by atoms with E-state index in [-0.39, 0.29) is 11.3 Å². The van der Waals surface area contributed by atoms with Crippen LogP contribution in [0.1, 0.15) is 38.5 Å². The lowest BCUT2D eigenvalue weighted by Gasteiger charge is -2.35. The lowest BCUT2D eigenvalue weighted by atomic mass is 9.71. The largest absolute Gasteiger partial charge is 0.330 e. The molecule has 5 nitrogen and oxygen atoms in total. The van der Waals surface area contributed by atoms with Gasteiger partial charge in [-0.2, -0.15) is 5.10 Å². The van der Waals surface area contributed by atoms with Crippen molar-refractivity contribution in [3.8, 4) is 0 Å². The summed E-state index contributed by atoms with van der Waals surface area (Å²) in [7, 11) is 1.81. The number of carbonyl (C=O) groups is 1. The SMILES string of the molecule is Cn1nccc1NC(=O)CC1(CN)CCCCC1. The van der Waals surface area contributed by atoms with Crippen LogP contribution in [0.5, 0.6) is 0 Å². The normalized spacial score (nSPS) is 18.6. The summed E-state index contributed by atoms with van der Waals surface area (Å²) < 4.78 is 1.66. The van der Waals surface area contributed by atoms with Crippen LogP contribution >= 0.6 is 0 Å². The fourth-order valence-electron chi connectivity index (χ4n) is 2.78. The maximum atomic E-state index is 12.1. The van der Waals surface area contributed by atoms with Gasteiger partial charge in [-0.15, -0.1) is 0 Å². The van der Waals surface area contributed by atoms with Gasteiger partial charge < -0.3 is 11.1 Å². The van der Waals surface area contributed by atoms with Crippen molar-refractivity contribution < 1.29 is 4.79 Å². The molecule has 2 rings (SSSR count). The molecule has 0 unspecified atom stereocenters. The van der Waals surface area contributed by atoms with E-state index in [1.54, 1.807) is 16.9 Å². The molecule has 0 bridgehead atoms. The average molecular weight is 250 g/mol. The van der Waals surface area contributed by atoms with E-state index in [0.29, 0.717) is 13.0 Å². The summed E-state index contributed by atoms with van der Waals surface area (Å²) in [6, 6.07) is 1.80. The molecule has 100 valence electrons. The smallest absolute Gasteiger partial charge is 0.226 e. The standard InChI is InChI=1S/C13H22N4O/c1-17-11(5-8-15-17)16-12(18)9-13(10-14)6-3-2-4-7-13/h5,8H,2-4,6-7,9-10,14H2,1H3,(H,16,18). The number of nitrogens with two attached hydrogens (primary N) is 1. The minimum atomic E-state index is 0.0148. The van der Waals surface area contributed by atoms with Gasteiger partial charge in [0.15, 0.2) is 0 Å². The molecule has 5 heteroatoms. The first-order valence-electron chi connectivity index (χ1n) is 6.63. The highest BCUT2D eigenvalue weighted by Gasteiger charge is 2.33. The van der Waals surface area contributed by atoms with Gasteiger partial charge >= 0.3 is 0 Å². The van der Waals surface area contributed by atoms with Crippen LogP contribution in [0.3, 0.4) is 0 Å². The number of nitrogens with zero attached hydrogens (tertiary/aromatic N) is 2. The number of amides is 1. The van der Waals surface area contributed by atoms with Gasteiger partial charge in [0.2, 0.25) is 5.91 Å². The summed E-state index contributed by atoms with van der Waals surface area (Å²) in [5, 5.41) is 6.93.